The van der Waals surface area contributed by atoms with E-state index in [0.717, 1.165) is 41.8 Å². The van der Waals surface area contributed by atoms with Gasteiger partial charge in [-0.3, -0.25) is 19.3 Å². The Kier molecular flexibility index (Phi) is 9.10. The van der Waals surface area contributed by atoms with E-state index in [9.17, 15) is 14.4 Å². The monoisotopic (exact) mass is 676 g/mol. The van der Waals surface area contributed by atoms with Crippen LogP contribution >= 0.6 is 0 Å². The molecule has 3 aromatic carbocycles. The molecule has 8 nitrogen and oxygen atoms in total. The minimum Gasteiger partial charge on any atom is -0.483 e. The molecule has 3 aromatic rings. The number of carbonyl (C=O) groups excluding carboxylic acids is 3. The average Bonchev–Trinajstić information content (AvgIpc) is 3.42. The Morgan fingerprint density at radius 1 is 1.02 bits per heavy atom. The van der Waals surface area contributed by atoms with Crippen LogP contribution in [0.15, 0.2) is 72.8 Å². The zero-order valence-electron chi connectivity index (χ0n) is 29.8. The zero-order chi connectivity index (χ0) is 35.2. The minimum absolute atomic E-state index is 0.0748. The summed E-state index contributed by atoms with van der Waals surface area (Å²) in [6.45, 7) is 11.3. The van der Waals surface area contributed by atoms with E-state index >= 15 is 0 Å². The van der Waals surface area contributed by atoms with Crippen molar-refractivity contribution in [2.75, 3.05) is 19.6 Å². The molecule has 2 bridgehead atoms. The maximum atomic E-state index is 14.3. The van der Waals surface area contributed by atoms with Crippen LogP contribution in [0.5, 0.6) is 11.5 Å². The minimum atomic E-state index is -0.883. The van der Waals surface area contributed by atoms with Crippen molar-refractivity contribution in [3.8, 4) is 11.5 Å². The number of rotatable bonds is 10. The zero-order valence-corrected chi connectivity index (χ0v) is 29.8. The van der Waals surface area contributed by atoms with E-state index in [1.807, 2.05) is 48.2 Å². The second kappa shape index (κ2) is 13.4. The summed E-state index contributed by atoms with van der Waals surface area (Å²) in [5.41, 5.74) is 3.86. The molecule has 0 aromatic heterocycles. The van der Waals surface area contributed by atoms with Gasteiger partial charge in [0, 0.05) is 38.6 Å². The van der Waals surface area contributed by atoms with Gasteiger partial charge in [-0.1, -0.05) is 80.1 Å². The summed E-state index contributed by atoms with van der Waals surface area (Å²) in [5, 5.41) is 0. The third kappa shape index (κ3) is 5.81. The fraction of sp³-hybridized carbons (Fsp3) is 0.452. The number of aryl methyl sites for hydroxylation is 1. The van der Waals surface area contributed by atoms with Gasteiger partial charge in [-0.2, -0.15) is 0 Å². The highest BCUT2D eigenvalue weighted by Crippen LogP contribution is 2.67. The molecule has 1 amide bonds. The second-order valence-electron chi connectivity index (χ2n) is 15.0. The molecular formula is C42H48N2O6. The molecule has 50 heavy (non-hydrogen) atoms. The van der Waals surface area contributed by atoms with Crippen molar-refractivity contribution in [1.82, 2.24) is 9.80 Å². The Hall–Kier alpha value is -4.43. The lowest BCUT2D eigenvalue weighted by Crippen LogP contribution is -2.79. The summed E-state index contributed by atoms with van der Waals surface area (Å²) in [4.78, 5) is 44.3. The average molecular weight is 677 g/mol. The first-order valence-electron chi connectivity index (χ1n) is 18.1. The third-order valence-electron chi connectivity index (χ3n) is 11.3. The molecule has 1 spiro atoms. The number of nitrogens with zero attached hydrogens (tertiary/aromatic N) is 2. The Labute approximate surface area is 295 Å². The molecule has 2 aliphatic carbocycles. The lowest BCUT2D eigenvalue weighted by molar-refractivity contribution is -0.224. The molecule has 0 N–H and O–H groups in total. The van der Waals surface area contributed by atoms with Crippen LogP contribution in [0.4, 0.5) is 0 Å². The van der Waals surface area contributed by atoms with E-state index in [4.69, 9.17) is 14.2 Å². The van der Waals surface area contributed by atoms with E-state index in [0.29, 0.717) is 43.7 Å². The van der Waals surface area contributed by atoms with E-state index in [2.05, 4.69) is 55.1 Å². The summed E-state index contributed by atoms with van der Waals surface area (Å²) in [6.07, 6.45) is 6.49. The third-order valence-corrected chi connectivity index (χ3v) is 11.3. The highest BCUT2D eigenvalue weighted by molar-refractivity contribution is 5.92. The van der Waals surface area contributed by atoms with Gasteiger partial charge in [0.2, 0.25) is 5.91 Å². The fourth-order valence-corrected chi connectivity index (χ4v) is 9.59. The Morgan fingerprint density at radius 2 is 1.82 bits per heavy atom. The van der Waals surface area contributed by atoms with Crippen LogP contribution in [-0.4, -0.2) is 71.1 Å². The van der Waals surface area contributed by atoms with Crippen LogP contribution in [0.3, 0.4) is 0 Å². The smallest absolute Gasteiger partial charge is 0.308 e. The number of benzene rings is 3. The number of likely N-dealkylation sites (tertiary alicyclic amines) is 1. The Balaban J connectivity index is 1.33. The summed E-state index contributed by atoms with van der Waals surface area (Å²) in [7, 11) is 0. The second-order valence-corrected chi connectivity index (χ2v) is 15.0. The molecule has 2 unspecified atom stereocenters. The van der Waals surface area contributed by atoms with E-state index in [1.54, 1.807) is 6.08 Å². The van der Waals surface area contributed by atoms with Gasteiger partial charge in [0.05, 0.1) is 17.5 Å². The summed E-state index contributed by atoms with van der Waals surface area (Å²) >= 11 is 0. The molecule has 1 saturated carbocycles. The van der Waals surface area contributed by atoms with Gasteiger partial charge < -0.3 is 19.1 Å². The molecule has 5 atom stereocenters. The largest absolute Gasteiger partial charge is 0.483 e. The molecule has 2 fully saturated rings. The van der Waals surface area contributed by atoms with Crippen LogP contribution < -0.4 is 9.47 Å². The molecule has 2 aliphatic heterocycles. The van der Waals surface area contributed by atoms with Crippen molar-refractivity contribution in [3.63, 3.8) is 0 Å². The van der Waals surface area contributed by atoms with E-state index < -0.39 is 23.1 Å². The maximum absolute atomic E-state index is 14.3. The fourth-order valence-electron chi connectivity index (χ4n) is 9.59. The normalized spacial score (nSPS) is 26.3. The maximum Gasteiger partial charge on any atom is 0.308 e. The predicted molar refractivity (Wildman–Crippen MR) is 192 cm³/mol. The number of amides is 1. The molecule has 262 valence electrons. The van der Waals surface area contributed by atoms with E-state index in [-0.39, 0.29) is 29.9 Å². The van der Waals surface area contributed by atoms with Crippen LogP contribution in [0.25, 0.3) is 6.08 Å². The standard InChI is InChI=1S/C42H48N2O6/c1-27(2)26-44(37(47)17-14-32-13-9-10-28(3)24-32)34-18-20-42(50-30(5)46)36-25-33-15-16-35(48-29(4)45)39-38(33)41(42,40(34)49-39)21-23-43(36)22-19-31-11-7-6-8-12-31/h6-17,24,27,34,36,40H,18-23,25-26H2,1-5H3/b17-14+/t34?,36-,40?,41+,42-/m1/s1. The molecule has 2 heterocycles. The van der Waals surface area contributed by atoms with Crippen molar-refractivity contribution < 1.29 is 28.6 Å². The summed E-state index contributed by atoms with van der Waals surface area (Å²) in [5.74, 6) is 0.312. The Morgan fingerprint density at radius 3 is 2.54 bits per heavy atom. The molecular weight excluding hydrogens is 628 g/mol. The van der Waals surface area contributed by atoms with Gasteiger partial charge in [-0.25, -0.2) is 0 Å². The van der Waals surface area contributed by atoms with Crippen LogP contribution in [0.1, 0.15) is 74.8 Å². The first-order chi connectivity index (χ1) is 24.0. The number of ether oxygens (including phenoxy) is 3. The Bertz CT molecular complexity index is 1820. The van der Waals surface area contributed by atoms with Gasteiger partial charge in [-0.15, -0.1) is 0 Å². The molecule has 7 rings (SSSR count). The summed E-state index contributed by atoms with van der Waals surface area (Å²) in [6, 6.07) is 22.1. The molecule has 4 aliphatic rings. The number of hydrogen-bond donors (Lipinski definition) is 0. The number of piperidine rings is 1. The molecule has 0 radical (unpaired) electrons. The van der Waals surface area contributed by atoms with Gasteiger partial charge in [0.15, 0.2) is 11.5 Å². The van der Waals surface area contributed by atoms with Gasteiger partial charge in [0.1, 0.15) is 11.7 Å². The lowest BCUT2D eigenvalue weighted by atomic mass is 9.48. The summed E-state index contributed by atoms with van der Waals surface area (Å²) < 4.78 is 19.6. The van der Waals surface area contributed by atoms with Crippen molar-refractivity contribution in [2.24, 2.45) is 5.92 Å². The number of carbonyl (C=O) groups is 3. The van der Waals surface area contributed by atoms with Crippen LogP contribution in [-0.2, 0) is 37.4 Å². The SMILES string of the molecule is CC(=O)Oc1ccc2c3c1OC1C(N(CC(C)C)C(=O)/C=C/c4cccc(C)c4)CC[C@@]4(OC(C)=O)[C@@H](C2)N(CCc2ccccc2)CC[C@]314. The number of hydrogen-bond acceptors (Lipinski definition) is 7. The highest BCUT2D eigenvalue weighted by atomic mass is 16.6. The first-order valence-corrected chi connectivity index (χ1v) is 18.1. The van der Waals surface area contributed by atoms with Crippen LogP contribution in [0, 0.1) is 12.8 Å². The van der Waals surface area contributed by atoms with Crippen LogP contribution in [0.2, 0.25) is 0 Å². The van der Waals surface area contributed by atoms with Crippen molar-refractivity contribution >= 4 is 23.9 Å². The molecule has 1 saturated heterocycles. The van der Waals surface area contributed by atoms with Crippen molar-refractivity contribution in [2.45, 2.75) is 95.9 Å². The highest BCUT2D eigenvalue weighted by Gasteiger charge is 2.75. The van der Waals surface area contributed by atoms with Gasteiger partial charge >= 0.3 is 11.9 Å². The molecule has 8 heteroatoms. The first kappa shape index (κ1) is 34.0. The van der Waals surface area contributed by atoms with Gasteiger partial charge in [0.25, 0.3) is 0 Å². The predicted octanol–water partition coefficient (Wildman–Crippen LogP) is 6.45. The van der Waals surface area contributed by atoms with Crippen molar-refractivity contribution in [3.05, 3.63) is 101 Å². The topological polar surface area (TPSA) is 85.4 Å². The quantitative estimate of drug-likeness (QED) is 0.139. The van der Waals surface area contributed by atoms with Crippen molar-refractivity contribution in [1.29, 1.82) is 0 Å². The van der Waals surface area contributed by atoms with Gasteiger partial charge in [-0.05, 0) is 80.3 Å². The van der Waals surface area contributed by atoms with E-state index in [1.165, 1.54) is 19.4 Å². The number of esters is 2. The lowest BCUT2D eigenvalue weighted by Gasteiger charge is -2.65.